The first kappa shape index (κ1) is 12.3. The van der Waals surface area contributed by atoms with Crippen molar-refractivity contribution in [2.45, 2.75) is 18.8 Å². The number of halogens is 1. The van der Waals surface area contributed by atoms with Crippen LogP contribution in [0.2, 0.25) is 0 Å². The Bertz CT molecular complexity index is 532. The van der Waals surface area contributed by atoms with Crippen LogP contribution in [0.15, 0.2) is 34.1 Å². The van der Waals surface area contributed by atoms with Gasteiger partial charge in [0.1, 0.15) is 5.01 Å². The molecule has 1 aromatic heterocycles. The van der Waals surface area contributed by atoms with Gasteiger partial charge in [0, 0.05) is 27.9 Å². The molecule has 1 aliphatic rings. The smallest absolute Gasteiger partial charge is 0.124 e. The number of aromatic nitrogens is 1. The van der Waals surface area contributed by atoms with Crippen LogP contribution in [-0.4, -0.2) is 18.1 Å². The lowest BCUT2D eigenvalue weighted by Crippen LogP contribution is -2.28. The first-order chi connectivity index (χ1) is 8.84. The van der Waals surface area contributed by atoms with E-state index in [0.29, 0.717) is 5.92 Å². The third-order valence-corrected chi connectivity index (χ3v) is 4.93. The lowest BCUT2D eigenvalue weighted by Gasteiger charge is -2.20. The maximum atomic E-state index is 4.81. The molecule has 2 heterocycles. The van der Waals surface area contributed by atoms with E-state index in [9.17, 15) is 0 Å². The molecule has 0 amide bonds. The van der Waals surface area contributed by atoms with Crippen LogP contribution in [-0.2, 0) is 0 Å². The average Bonchev–Trinajstić information content (AvgIpc) is 2.90. The fraction of sp³-hybridized carbons (Fsp3) is 0.357. The van der Waals surface area contributed by atoms with E-state index in [1.54, 1.807) is 11.3 Å². The molecule has 1 aromatic carbocycles. The van der Waals surface area contributed by atoms with Crippen molar-refractivity contribution < 1.29 is 0 Å². The molecule has 0 saturated carbocycles. The van der Waals surface area contributed by atoms with E-state index in [4.69, 9.17) is 4.98 Å². The number of piperidine rings is 1. The Hall–Kier alpha value is -0.710. The number of benzene rings is 1. The van der Waals surface area contributed by atoms with Crippen molar-refractivity contribution in [3.05, 3.63) is 39.8 Å². The second-order valence-electron chi connectivity index (χ2n) is 4.60. The van der Waals surface area contributed by atoms with E-state index >= 15 is 0 Å². The quantitative estimate of drug-likeness (QED) is 0.902. The van der Waals surface area contributed by atoms with E-state index in [1.807, 2.05) is 6.07 Å². The summed E-state index contributed by atoms with van der Waals surface area (Å²) in [5.41, 5.74) is 2.44. The van der Waals surface area contributed by atoms with E-state index in [1.165, 1.54) is 24.1 Å². The van der Waals surface area contributed by atoms with Gasteiger partial charge in [0.05, 0.1) is 5.69 Å². The predicted molar refractivity (Wildman–Crippen MR) is 80.1 cm³/mol. The monoisotopic (exact) mass is 322 g/mol. The molecule has 1 atom stereocenters. The Morgan fingerprint density at radius 1 is 1.33 bits per heavy atom. The van der Waals surface area contributed by atoms with Gasteiger partial charge in [0.2, 0.25) is 0 Å². The van der Waals surface area contributed by atoms with E-state index < -0.39 is 0 Å². The molecule has 1 fully saturated rings. The summed E-state index contributed by atoms with van der Waals surface area (Å²) < 4.78 is 1.12. The Morgan fingerprint density at radius 3 is 3.00 bits per heavy atom. The molecular weight excluding hydrogens is 308 g/mol. The Labute approximate surface area is 120 Å². The molecule has 0 spiro atoms. The Kier molecular flexibility index (Phi) is 3.77. The SMILES string of the molecule is Brc1ccccc1-c1nc(C2CCCNC2)cs1. The molecule has 4 heteroatoms. The molecule has 1 aliphatic heterocycles. The standard InChI is InChI=1S/C14H15BrN2S/c15-12-6-2-1-5-11(12)14-17-13(9-18-14)10-4-3-7-16-8-10/h1-2,5-6,9-10,16H,3-4,7-8H2. The zero-order valence-electron chi connectivity index (χ0n) is 10.0. The van der Waals surface area contributed by atoms with Crippen LogP contribution in [0.25, 0.3) is 10.6 Å². The maximum absolute atomic E-state index is 4.81. The molecular formula is C14H15BrN2S. The zero-order chi connectivity index (χ0) is 12.4. The maximum Gasteiger partial charge on any atom is 0.124 e. The highest BCUT2D eigenvalue weighted by Gasteiger charge is 2.18. The van der Waals surface area contributed by atoms with Crippen LogP contribution < -0.4 is 5.32 Å². The molecule has 1 unspecified atom stereocenters. The van der Waals surface area contributed by atoms with Crippen LogP contribution in [0.1, 0.15) is 24.5 Å². The number of hydrogen-bond donors (Lipinski definition) is 1. The van der Waals surface area contributed by atoms with Gasteiger partial charge in [0.15, 0.2) is 0 Å². The van der Waals surface area contributed by atoms with Gasteiger partial charge in [-0.1, -0.05) is 34.1 Å². The van der Waals surface area contributed by atoms with Crippen molar-refractivity contribution in [1.82, 2.24) is 10.3 Å². The van der Waals surface area contributed by atoms with Crippen LogP contribution >= 0.6 is 27.3 Å². The van der Waals surface area contributed by atoms with Gasteiger partial charge in [-0.2, -0.15) is 0 Å². The number of nitrogens with one attached hydrogen (secondary N) is 1. The van der Waals surface area contributed by atoms with Crippen molar-refractivity contribution in [1.29, 1.82) is 0 Å². The van der Waals surface area contributed by atoms with Gasteiger partial charge in [-0.05, 0) is 25.5 Å². The van der Waals surface area contributed by atoms with Crippen LogP contribution in [0.5, 0.6) is 0 Å². The largest absolute Gasteiger partial charge is 0.316 e. The summed E-state index contributed by atoms with van der Waals surface area (Å²) in [6.45, 7) is 2.22. The highest BCUT2D eigenvalue weighted by Crippen LogP contribution is 2.33. The number of rotatable bonds is 2. The van der Waals surface area contributed by atoms with Gasteiger partial charge in [-0.15, -0.1) is 11.3 Å². The second-order valence-corrected chi connectivity index (χ2v) is 6.31. The summed E-state index contributed by atoms with van der Waals surface area (Å²) in [6.07, 6.45) is 2.51. The number of hydrogen-bond acceptors (Lipinski definition) is 3. The lowest BCUT2D eigenvalue weighted by molar-refractivity contribution is 0.456. The molecule has 1 N–H and O–H groups in total. The Morgan fingerprint density at radius 2 is 2.22 bits per heavy atom. The molecule has 18 heavy (non-hydrogen) atoms. The van der Waals surface area contributed by atoms with Gasteiger partial charge in [-0.3, -0.25) is 0 Å². The molecule has 2 aromatic rings. The van der Waals surface area contributed by atoms with Gasteiger partial charge >= 0.3 is 0 Å². The van der Waals surface area contributed by atoms with Crippen LogP contribution in [0.3, 0.4) is 0 Å². The van der Waals surface area contributed by atoms with Crippen molar-refractivity contribution in [3.63, 3.8) is 0 Å². The van der Waals surface area contributed by atoms with Gasteiger partial charge in [0.25, 0.3) is 0 Å². The zero-order valence-corrected chi connectivity index (χ0v) is 12.4. The Balaban J connectivity index is 1.87. The molecule has 2 nitrogen and oxygen atoms in total. The molecule has 0 radical (unpaired) electrons. The molecule has 0 aliphatic carbocycles. The van der Waals surface area contributed by atoms with E-state index in [-0.39, 0.29) is 0 Å². The summed E-state index contributed by atoms with van der Waals surface area (Å²) in [4.78, 5) is 4.81. The molecule has 94 valence electrons. The topological polar surface area (TPSA) is 24.9 Å². The summed E-state index contributed by atoms with van der Waals surface area (Å²) in [5.74, 6) is 0.589. The lowest BCUT2D eigenvalue weighted by atomic mass is 9.97. The minimum atomic E-state index is 0.589. The van der Waals surface area contributed by atoms with Crippen molar-refractivity contribution in [2.75, 3.05) is 13.1 Å². The summed E-state index contributed by atoms with van der Waals surface area (Å²) >= 11 is 5.33. The van der Waals surface area contributed by atoms with E-state index in [2.05, 4.69) is 44.8 Å². The predicted octanol–water partition coefficient (Wildman–Crippen LogP) is 4.04. The molecule has 1 saturated heterocycles. The highest BCUT2D eigenvalue weighted by atomic mass is 79.9. The number of nitrogens with zero attached hydrogens (tertiary/aromatic N) is 1. The second kappa shape index (κ2) is 5.51. The van der Waals surface area contributed by atoms with Gasteiger partial charge < -0.3 is 5.32 Å². The fourth-order valence-electron chi connectivity index (χ4n) is 2.34. The van der Waals surface area contributed by atoms with Crippen molar-refractivity contribution in [2.24, 2.45) is 0 Å². The minimum absolute atomic E-state index is 0.589. The van der Waals surface area contributed by atoms with Crippen LogP contribution in [0, 0.1) is 0 Å². The van der Waals surface area contributed by atoms with Crippen molar-refractivity contribution >= 4 is 27.3 Å². The summed E-state index contributed by atoms with van der Waals surface area (Å²) in [7, 11) is 0. The third kappa shape index (κ3) is 2.51. The van der Waals surface area contributed by atoms with E-state index in [0.717, 1.165) is 22.6 Å². The molecule has 3 rings (SSSR count). The first-order valence-electron chi connectivity index (χ1n) is 6.25. The normalized spacial score (nSPS) is 19.9. The summed E-state index contributed by atoms with van der Waals surface area (Å²) in [5, 5.41) is 6.78. The number of thiazole rings is 1. The van der Waals surface area contributed by atoms with Gasteiger partial charge in [-0.25, -0.2) is 4.98 Å². The first-order valence-corrected chi connectivity index (χ1v) is 7.93. The highest BCUT2D eigenvalue weighted by molar-refractivity contribution is 9.10. The molecule has 0 bridgehead atoms. The van der Waals surface area contributed by atoms with Crippen LogP contribution in [0.4, 0.5) is 0 Å². The third-order valence-electron chi connectivity index (χ3n) is 3.34. The summed E-state index contributed by atoms with van der Waals surface area (Å²) in [6, 6.07) is 8.28. The van der Waals surface area contributed by atoms with Crippen molar-refractivity contribution in [3.8, 4) is 10.6 Å². The fourth-order valence-corrected chi connectivity index (χ4v) is 3.88. The minimum Gasteiger partial charge on any atom is -0.316 e. The average molecular weight is 323 g/mol.